The number of aryl methyl sites for hydroxylation is 2. The Bertz CT molecular complexity index is 1180. The molecule has 0 radical (unpaired) electrons. The van der Waals surface area contributed by atoms with E-state index in [0.29, 0.717) is 28.3 Å². The largest absolute Gasteiger partial charge is 0.586 e. The lowest BCUT2D eigenvalue weighted by Gasteiger charge is -2.11. The zero-order valence-corrected chi connectivity index (χ0v) is 16.4. The van der Waals surface area contributed by atoms with Crippen LogP contribution in [0.5, 0.6) is 11.5 Å². The Balaban J connectivity index is 1.50. The molecule has 0 bridgehead atoms. The average Bonchev–Trinajstić information content (AvgIpc) is 3.03. The van der Waals surface area contributed by atoms with Gasteiger partial charge in [0.15, 0.2) is 11.5 Å². The second-order valence-corrected chi connectivity index (χ2v) is 6.79. The molecule has 0 atom stereocenters. The van der Waals surface area contributed by atoms with Crippen molar-refractivity contribution in [1.82, 2.24) is 9.97 Å². The van der Waals surface area contributed by atoms with Gasteiger partial charge in [0.2, 0.25) is 0 Å². The lowest BCUT2D eigenvalue weighted by Crippen LogP contribution is -2.25. The molecule has 10 heteroatoms. The number of hydrogen-bond acceptors (Lipinski definition) is 6. The van der Waals surface area contributed by atoms with Crippen molar-refractivity contribution in [1.29, 1.82) is 0 Å². The Hall–Kier alpha value is -4.08. The van der Waals surface area contributed by atoms with Gasteiger partial charge in [0, 0.05) is 16.8 Å². The summed E-state index contributed by atoms with van der Waals surface area (Å²) in [6, 6.07) is 8.53. The van der Waals surface area contributed by atoms with Crippen molar-refractivity contribution in [3.05, 3.63) is 71.3 Å². The fourth-order valence-corrected chi connectivity index (χ4v) is 2.89. The van der Waals surface area contributed by atoms with Crippen LogP contribution in [0.1, 0.15) is 32.1 Å². The topological polar surface area (TPSA) is 102 Å². The number of aromatic nitrogens is 2. The summed E-state index contributed by atoms with van der Waals surface area (Å²) in [4.78, 5) is 33.2. The van der Waals surface area contributed by atoms with Crippen molar-refractivity contribution >= 4 is 23.2 Å². The average molecular weight is 426 g/mol. The van der Waals surface area contributed by atoms with E-state index >= 15 is 0 Å². The molecule has 4 rings (SSSR count). The molecule has 0 aliphatic carbocycles. The summed E-state index contributed by atoms with van der Waals surface area (Å²) in [5, 5.41) is 5.33. The first-order valence-corrected chi connectivity index (χ1v) is 9.12. The second kappa shape index (κ2) is 7.63. The second-order valence-electron chi connectivity index (χ2n) is 6.79. The number of anilines is 2. The summed E-state index contributed by atoms with van der Waals surface area (Å²) >= 11 is 0. The number of nitrogens with one attached hydrogen (secondary N) is 2. The highest BCUT2D eigenvalue weighted by Gasteiger charge is 2.43. The maximum absolute atomic E-state index is 13.2. The Morgan fingerprint density at radius 2 is 1.55 bits per heavy atom. The lowest BCUT2D eigenvalue weighted by atomic mass is 10.1. The Kier molecular flexibility index (Phi) is 4.97. The number of alkyl halides is 2. The summed E-state index contributed by atoms with van der Waals surface area (Å²) in [5.41, 5.74) is 1.89. The number of carbonyl (C=O) groups excluding carboxylic acids is 2. The van der Waals surface area contributed by atoms with Crippen molar-refractivity contribution < 1.29 is 27.8 Å². The Morgan fingerprint density at radius 1 is 0.871 bits per heavy atom. The molecule has 1 aromatic heterocycles. The molecular weight excluding hydrogens is 410 g/mol. The molecule has 0 saturated heterocycles. The summed E-state index contributed by atoms with van der Waals surface area (Å²) in [7, 11) is 0. The third kappa shape index (κ3) is 4.42. The van der Waals surface area contributed by atoms with Gasteiger partial charge >= 0.3 is 6.29 Å². The monoisotopic (exact) mass is 426 g/mol. The highest BCUT2D eigenvalue weighted by Crippen LogP contribution is 2.41. The summed E-state index contributed by atoms with van der Waals surface area (Å²) in [5.74, 6) is -0.779. The maximum Gasteiger partial charge on any atom is 0.586 e. The van der Waals surface area contributed by atoms with Gasteiger partial charge in [0.25, 0.3) is 11.8 Å². The van der Waals surface area contributed by atoms with Gasteiger partial charge in [-0.15, -0.1) is 8.78 Å². The SMILES string of the molecule is Cc1ncc(NC(=O)c2cc(NC(=O)c3ccc4c(c3)OC(F)(F)O4)ccc2C)cn1. The van der Waals surface area contributed by atoms with E-state index in [1.54, 1.807) is 26.0 Å². The van der Waals surface area contributed by atoms with E-state index in [1.165, 1.54) is 30.6 Å². The van der Waals surface area contributed by atoms with E-state index < -0.39 is 18.1 Å². The number of amides is 2. The first kappa shape index (κ1) is 20.2. The normalized spacial score (nSPS) is 13.5. The molecule has 1 aliphatic rings. The van der Waals surface area contributed by atoms with Crippen LogP contribution in [0.3, 0.4) is 0 Å². The number of hydrogen-bond donors (Lipinski definition) is 2. The Morgan fingerprint density at radius 3 is 2.29 bits per heavy atom. The number of rotatable bonds is 4. The first-order chi connectivity index (χ1) is 14.7. The van der Waals surface area contributed by atoms with Crippen LogP contribution in [0.15, 0.2) is 48.8 Å². The van der Waals surface area contributed by atoms with Crippen molar-refractivity contribution in [3.63, 3.8) is 0 Å². The highest BCUT2D eigenvalue weighted by atomic mass is 19.3. The van der Waals surface area contributed by atoms with Crippen LogP contribution in [-0.4, -0.2) is 28.1 Å². The van der Waals surface area contributed by atoms with E-state index in [9.17, 15) is 18.4 Å². The molecule has 0 unspecified atom stereocenters. The molecule has 31 heavy (non-hydrogen) atoms. The fraction of sp³-hybridized carbons (Fsp3) is 0.143. The van der Waals surface area contributed by atoms with Crippen molar-refractivity contribution in [2.24, 2.45) is 0 Å². The molecule has 2 amide bonds. The third-order valence-corrected chi connectivity index (χ3v) is 4.44. The molecule has 3 aromatic rings. The van der Waals surface area contributed by atoms with Crippen LogP contribution in [0, 0.1) is 13.8 Å². The smallest absolute Gasteiger partial charge is 0.395 e. The van der Waals surface area contributed by atoms with Gasteiger partial charge in [0.05, 0.1) is 18.1 Å². The zero-order chi connectivity index (χ0) is 22.2. The Labute approximate surface area is 175 Å². The van der Waals surface area contributed by atoms with Gasteiger partial charge in [-0.25, -0.2) is 9.97 Å². The van der Waals surface area contributed by atoms with Gasteiger partial charge < -0.3 is 20.1 Å². The number of fused-ring (bicyclic) bond motifs is 1. The standard InChI is InChI=1S/C21H16F2N4O4/c1-11-3-5-14(8-16(11)20(29)27-15-9-24-12(2)25-10-15)26-19(28)13-4-6-17-18(7-13)31-21(22,23)30-17/h3-10H,1-2H3,(H,26,28)(H,27,29). The van der Waals surface area contributed by atoms with Crippen LogP contribution in [0.25, 0.3) is 0 Å². The van der Waals surface area contributed by atoms with E-state index in [1.807, 2.05) is 0 Å². The number of nitrogens with zero attached hydrogens (tertiary/aromatic N) is 2. The summed E-state index contributed by atoms with van der Waals surface area (Å²) < 4.78 is 35.0. The van der Waals surface area contributed by atoms with Crippen molar-refractivity contribution in [3.8, 4) is 11.5 Å². The molecule has 2 aromatic carbocycles. The molecule has 0 fully saturated rings. The fourth-order valence-electron chi connectivity index (χ4n) is 2.89. The molecule has 0 spiro atoms. The first-order valence-electron chi connectivity index (χ1n) is 9.12. The van der Waals surface area contributed by atoms with Gasteiger partial charge in [-0.1, -0.05) is 6.07 Å². The highest BCUT2D eigenvalue weighted by molar-refractivity contribution is 6.08. The van der Waals surface area contributed by atoms with Gasteiger partial charge in [-0.3, -0.25) is 9.59 Å². The number of ether oxygens (including phenoxy) is 2. The molecule has 8 nitrogen and oxygen atoms in total. The molecule has 1 aliphatic heterocycles. The minimum Gasteiger partial charge on any atom is -0.395 e. The number of carbonyl (C=O) groups is 2. The number of benzene rings is 2. The summed E-state index contributed by atoms with van der Waals surface area (Å²) in [6.45, 7) is 3.48. The van der Waals surface area contributed by atoms with E-state index in [0.717, 1.165) is 6.07 Å². The predicted octanol–water partition coefficient (Wildman–Crippen LogP) is 3.92. The molecular formula is C21H16F2N4O4. The molecule has 2 N–H and O–H groups in total. The van der Waals surface area contributed by atoms with Gasteiger partial charge in [-0.05, 0) is 49.7 Å². The molecule has 0 saturated carbocycles. The van der Waals surface area contributed by atoms with Crippen LogP contribution in [0.2, 0.25) is 0 Å². The predicted molar refractivity (Wildman–Crippen MR) is 106 cm³/mol. The third-order valence-electron chi connectivity index (χ3n) is 4.44. The van der Waals surface area contributed by atoms with Gasteiger partial charge in [-0.2, -0.15) is 0 Å². The number of halogens is 2. The van der Waals surface area contributed by atoms with Crippen molar-refractivity contribution in [2.45, 2.75) is 20.1 Å². The minimum absolute atomic E-state index is 0.0865. The molecule has 158 valence electrons. The van der Waals surface area contributed by atoms with E-state index in [4.69, 9.17) is 0 Å². The van der Waals surface area contributed by atoms with Gasteiger partial charge in [0.1, 0.15) is 5.82 Å². The zero-order valence-electron chi connectivity index (χ0n) is 16.4. The molecule has 2 heterocycles. The van der Waals surface area contributed by atoms with Crippen LogP contribution >= 0.6 is 0 Å². The van der Waals surface area contributed by atoms with Crippen LogP contribution < -0.4 is 20.1 Å². The van der Waals surface area contributed by atoms with Crippen LogP contribution in [-0.2, 0) is 0 Å². The summed E-state index contributed by atoms with van der Waals surface area (Å²) in [6.07, 6.45) is -0.784. The lowest BCUT2D eigenvalue weighted by molar-refractivity contribution is -0.286. The van der Waals surface area contributed by atoms with E-state index in [-0.39, 0.29) is 17.1 Å². The van der Waals surface area contributed by atoms with Crippen molar-refractivity contribution in [2.75, 3.05) is 10.6 Å². The maximum atomic E-state index is 13.2. The quantitative estimate of drug-likeness (QED) is 0.656. The van der Waals surface area contributed by atoms with Crippen LogP contribution in [0.4, 0.5) is 20.2 Å². The minimum atomic E-state index is -3.76. The van der Waals surface area contributed by atoms with E-state index in [2.05, 4.69) is 30.1 Å².